The average Bonchev–Trinajstić information content (AvgIpc) is 2.74. The van der Waals surface area contributed by atoms with Crippen molar-refractivity contribution >= 4 is 32.4 Å². The van der Waals surface area contributed by atoms with E-state index in [1.807, 2.05) is 6.33 Å². The third kappa shape index (κ3) is 2.73. The molecule has 0 spiro atoms. The van der Waals surface area contributed by atoms with Crippen molar-refractivity contribution in [3.8, 4) is 22.8 Å². The second-order valence-electron chi connectivity index (χ2n) is 9.19. The third-order valence-corrected chi connectivity index (χ3v) is 6.43. The van der Waals surface area contributed by atoms with Crippen LogP contribution in [0.25, 0.3) is 43.7 Å². The van der Waals surface area contributed by atoms with E-state index in [4.69, 9.17) is 9.72 Å². The van der Waals surface area contributed by atoms with Gasteiger partial charge < -0.3 is 4.74 Å². The molecule has 0 bridgehead atoms. The summed E-state index contributed by atoms with van der Waals surface area (Å²) in [6, 6.07) is 19.8. The fourth-order valence-electron chi connectivity index (χ4n) is 5.08. The third-order valence-electron chi connectivity index (χ3n) is 6.43. The SMILES string of the molecule is Cc1c2c(cc3cc4ccccc4cc13)Oc1cc(CC(C)C)cc3nc[n+](C)c-2c13. The summed E-state index contributed by atoms with van der Waals surface area (Å²) in [6.45, 7) is 6.70. The molecule has 1 aliphatic rings. The number of nitrogens with zero attached hydrogens (tertiary/aromatic N) is 2. The molecule has 0 fully saturated rings. The number of ether oxygens (including phenoxy) is 1. The molecule has 0 radical (unpaired) electrons. The fraction of sp³-hybridized carbons (Fsp3) is 0.214. The van der Waals surface area contributed by atoms with Gasteiger partial charge >= 0.3 is 0 Å². The Hall–Kier alpha value is -3.46. The van der Waals surface area contributed by atoms with Gasteiger partial charge in [-0.1, -0.05) is 38.1 Å². The van der Waals surface area contributed by atoms with Crippen molar-refractivity contribution < 1.29 is 9.30 Å². The molecule has 6 rings (SSSR count). The number of rotatable bonds is 2. The molecule has 2 heterocycles. The normalized spacial score (nSPS) is 12.5. The zero-order chi connectivity index (χ0) is 21.3. The van der Waals surface area contributed by atoms with Gasteiger partial charge in [-0.2, -0.15) is 0 Å². The Morgan fingerprint density at radius 1 is 0.935 bits per heavy atom. The zero-order valence-electron chi connectivity index (χ0n) is 18.4. The molecule has 31 heavy (non-hydrogen) atoms. The predicted molar refractivity (Wildman–Crippen MR) is 127 cm³/mol. The molecule has 3 nitrogen and oxygen atoms in total. The van der Waals surface area contributed by atoms with E-state index in [-0.39, 0.29) is 0 Å². The number of hydrogen-bond donors (Lipinski definition) is 0. The molecule has 0 N–H and O–H groups in total. The first-order valence-corrected chi connectivity index (χ1v) is 10.9. The van der Waals surface area contributed by atoms with E-state index in [2.05, 4.69) is 87.0 Å². The zero-order valence-corrected chi connectivity index (χ0v) is 18.4. The Labute approximate surface area is 181 Å². The van der Waals surface area contributed by atoms with Gasteiger partial charge in [0.05, 0.1) is 12.6 Å². The Kier molecular flexibility index (Phi) is 3.85. The molecule has 4 aromatic carbocycles. The van der Waals surface area contributed by atoms with Crippen molar-refractivity contribution in [1.29, 1.82) is 0 Å². The van der Waals surface area contributed by atoms with Gasteiger partial charge in [0.1, 0.15) is 16.9 Å². The molecule has 1 aliphatic heterocycles. The Bertz CT molecular complexity index is 1530. The highest BCUT2D eigenvalue weighted by atomic mass is 16.5. The maximum atomic E-state index is 6.57. The largest absolute Gasteiger partial charge is 0.456 e. The van der Waals surface area contributed by atoms with E-state index in [9.17, 15) is 0 Å². The lowest BCUT2D eigenvalue weighted by Crippen LogP contribution is -2.32. The second-order valence-corrected chi connectivity index (χ2v) is 9.19. The van der Waals surface area contributed by atoms with Crippen LogP contribution in [-0.2, 0) is 13.5 Å². The molecule has 0 saturated heterocycles. The van der Waals surface area contributed by atoms with Crippen LogP contribution in [0.3, 0.4) is 0 Å². The molecule has 0 unspecified atom stereocenters. The van der Waals surface area contributed by atoms with Crippen molar-refractivity contribution in [1.82, 2.24) is 4.98 Å². The van der Waals surface area contributed by atoms with Gasteiger partial charge in [0.25, 0.3) is 6.33 Å². The van der Waals surface area contributed by atoms with Crippen LogP contribution >= 0.6 is 0 Å². The van der Waals surface area contributed by atoms with Crippen molar-refractivity contribution in [3.05, 3.63) is 72.1 Å². The van der Waals surface area contributed by atoms with E-state index < -0.39 is 0 Å². The van der Waals surface area contributed by atoms with E-state index >= 15 is 0 Å². The summed E-state index contributed by atoms with van der Waals surface area (Å²) in [5.41, 5.74) is 5.88. The van der Waals surface area contributed by atoms with Gasteiger partial charge in [-0.3, -0.25) is 0 Å². The summed E-state index contributed by atoms with van der Waals surface area (Å²) in [5.74, 6) is 2.43. The van der Waals surface area contributed by atoms with Crippen molar-refractivity contribution in [3.63, 3.8) is 0 Å². The van der Waals surface area contributed by atoms with Crippen LogP contribution in [0.5, 0.6) is 11.5 Å². The molecule has 3 heteroatoms. The highest BCUT2D eigenvalue weighted by Gasteiger charge is 2.30. The van der Waals surface area contributed by atoms with Crippen LogP contribution in [-0.4, -0.2) is 4.98 Å². The van der Waals surface area contributed by atoms with Crippen LogP contribution in [0.4, 0.5) is 0 Å². The molecule has 5 aromatic rings. The molecule has 0 atom stereocenters. The van der Waals surface area contributed by atoms with Gasteiger partial charge in [-0.05, 0) is 87.3 Å². The van der Waals surface area contributed by atoms with Crippen molar-refractivity contribution in [2.24, 2.45) is 13.0 Å². The minimum absolute atomic E-state index is 0.583. The summed E-state index contributed by atoms with van der Waals surface area (Å²) in [7, 11) is 2.08. The number of aromatic nitrogens is 2. The van der Waals surface area contributed by atoms with Crippen LogP contribution in [0.2, 0.25) is 0 Å². The topological polar surface area (TPSA) is 26.0 Å². The van der Waals surface area contributed by atoms with E-state index in [1.165, 1.54) is 43.9 Å². The van der Waals surface area contributed by atoms with Crippen LogP contribution in [0, 0.1) is 12.8 Å². The van der Waals surface area contributed by atoms with E-state index in [0.29, 0.717) is 5.92 Å². The number of aryl methyl sites for hydroxylation is 2. The van der Waals surface area contributed by atoms with E-state index in [0.717, 1.165) is 28.8 Å². The summed E-state index contributed by atoms with van der Waals surface area (Å²) in [5, 5.41) is 6.10. The monoisotopic (exact) mass is 405 g/mol. The lowest BCUT2D eigenvalue weighted by Gasteiger charge is -2.23. The van der Waals surface area contributed by atoms with Crippen LogP contribution in [0.15, 0.2) is 60.9 Å². The molecular weight excluding hydrogens is 380 g/mol. The summed E-state index contributed by atoms with van der Waals surface area (Å²) >= 11 is 0. The molecule has 0 saturated carbocycles. The van der Waals surface area contributed by atoms with Crippen molar-refractivity contribution in [2.75, 3.05) is 0 Å². The average molecular weight is 406 g/mol. The lowest BCUT2D eigenvalue weighted by molar-refractivity contribution is -0.662. The van der Waals surface area contributed by atoms with E-state index in [1.54, 1.807) is 0 Å². The number of fused-ring (bicyclic) bond motifs is 4. The smallest absolute Gasteiger partial charge is 0.287 e. The van der Waals surface area contributed by atoms with Gasteiger partial charge in [0.15, 0.2) is 11.2 Å². The molecule has 0 aliphatic carbocycles. The molecule has 1 aromatic heterocycles. The fourth-order valence-corrected chi connectivity index (χ4v) is 5.08. The molecular formula is C28H25N2O+. The highest BCUT2D eigenvalue weighted by molar-refractivity contribution is 6.07. The molecule has 152 valence electrons. The first-order valence-electron chi connectivity index (χ1n) is 10.9. The Balaban J connectivity index is 1.70. The van der Waals surface area contributed by atoms with Crippen LogP contribution in [0.1, 0.15) is 25.0 Å². The molecule has 0 amide bonds. The van der Waals surface area contributed by atoms with Gasteiger partial charge in [0, 0.05) is 0 Å². The standard InChI is InChI=1S/C28H25N2O/c1-16(2)9-18-10-23-27-24(11-18)31-25-14-21-12-19-7-5-6-8-20(19)13-22(21)17(3)26(25)28(27)30(4)15-29-23/h5-8,10-16H,9H2,1-4H3/q+1. The lowest BCUT2D eigenvalue weighted by atomic mass is 9.91. The summed E-state index contributed by atoms with van der Waals surface area (Å²) in [6.07, 6.45) is 2.94. The minimum Gasteiger partial charge on any atom is -0.456 e. The van der Waals surface area contributed by atoms with Gasteiger partial charge in [0.2, 0.25) is 0 Å². The maximum Gasteiger partial charge on any atom is 0.287 e. The van der Waals surface area contributed by atoms with Gasteiger partial charge in [-0.15, -0.1) is 0 Å². The van der Waals surface area contributed by atoms with Crippen molar-refractivity contribution in [2.45, 2.75) is 27.2 Å². The minimum atomic E-state index is 0.583. The highest BCUT2D eigenvalue weighted by Crippen LogP contribution is 2.48. The van der Waals surface area contributed by atoms with Gasteiger partial charge in [-0.25, -0.2) is 4.57 Å². The first kappa shape index (κ1) is 18.3. The Morgan fingerprint density at radius 3 is 2.48 bits per heavy atom. The summed E-state index contributed by atoms with van der Waals surface area (Å²) in [4.78, 5) is 4.74. The predicted octanol–water partition coefficient (Wildman–Crippen LogP) is 6.65. The number of benzene rings is 4. The first-order chi connectivity index (χ1) is 15.0. The number of hydrogen-bond acceptors (Lipinski definition) is 2. The Morgan fingerprint density at radius 2 is 1.71 bits per heavy atom. The summed E-state index contributed by atoms with van der Waals surface area (Å²) < 4.78 is 8.71. The van der Waals surface area contributed by atoms with Crippen LogP contribution < -0.4 is 9.30 Å². The quantitative estimate of drug-likeness (QED) is 0.238. The maximum absolute atomic E-state index is 6.57. The second kappa shape index (κ2) is 6.52.